The van der Waals surface area contributed by atoms with Crippen LogP contribution in [0, 0.1) is 52.3 Å². The second-order valence-electron chi connectivity index (χ2n) is 13.8. The first-order valence-electron chi connectivity index (χ1n) is 14.6. The van der Waals surface area contributed by atoms with Gasteiger partial charge < -0.3 is 19.3 Å². The van der Waals surface area contributed by atoms with Gasteiger partial charge in [-0.2, -0.15) is 0 Å². The van der Waals surface area contributed by atoms with Crippen LogP contribution < -0.4 is 59.1 Å². The molecule has 4 rings (SSSR count). The van der Waals surface area contributed by atoms with Gasteiger partial charge in [0.25, 0.3) is 0 Å². The zero-order valence-corrected chi connectivity index (χ0v) is 31.2. The molecule has 1 unspecified atom stereocenters. The fraction of sp³-hybridized carbons (Fsp3) is 1.00. The molecule has 0 spiro atoms. The molecule has 0 aromatic rings. The summed E-state index contributed by atoms with van der Waals surface area (Å²) in [5, 5.41) is 22.8. The monoisotopic (exact) mass is 640 g/mol. The van der Waals surface area contributed by atoms with Crippen LogP contribution >= 0.6 is 0 Å². The van der Waals surface area contributed by atoms with Crippen molar-refractivity contribution in [1.82, 2.24) is 0 Å². The van der Waals surface area contributed by atoms with Gasteiger partial charge in [-0.25, -0.2) is 16.8 Å². The van der Waals surface area contributed by atoms with Crippen molar-refractivity contribution in [2.24, 2.45) is 52.3 Å². The van der Waals surface area contributed by atoms with Crippen LogP contribution in [0.3, 0.4) is 0 Å². The van der Waals surface area contributed by atoms with Gasteiger partial charge in [-0.15, -0.1) is 0 Å². The van der Waals surface area contributed by atoms with Gasteiger partial charge in [0.15, 0.2) is 0 Å². The molecule has 4 saturated carbocycles. The SMILES string of the molecule is CC(C)CCC[C@@H](COS(=O)(=O)[O-])[C@H]1CC[C@H]2[C@@H]3CCC4[C@H](O)[C@H](OS(=O)(=O)[O-])CC[C@]4(C)[C@H]3[C@@H](O)C[C@]12C.[Na+].[Na+]. The van der Waals surface area contributed by atoms with E-state index >= 15 is 0 Å². The Morgan fingerprint density at radius 2 is 1.51 bits per heavy atom. The summed E-state index contributed by atoms with van der Waals surface area (Å²) in [4.78, 5) is 0. The van der Waals surface area contributed by atoms with E-state index in [2.05, 4.69) is 27.7 Å². The molecule has 0 heterocycles. The maximum Gasteiger partial charge on any atom is 1.00 e. The van der Waals surface area contributed by atoms with Gasteiger partial charge in [-0.1, -0.05) is 40.5 Å². The molecule has 0 amide bonds. The molecule has 4 fully saturated rings. The largest absolute Gasteiger partial charge is 1.00 e. The Balaban J connectivity index is 0.00000294. The van der Waals surface area contributed by atoms with E-state index in [1.807, 2.05) is 0 Å². The van der Waals surface area contributed by atoms with Crippen molar-refractivity contribution in [3.8, 4) is 0 Å². The molecule has 0 saturated heterocycles. The molecule has 41 heavy (non-hydrogen) atoms. The molecule has 0 bridgehead atoms. The molecule has 0 aliphatic heterocycles. The molecular weight excluding hydrogens is 594 g/mol. The van der Waals surface area contributed by atoms with Crippen LogP contribution in [0.15, 0.2) is 0 Å². The normalized spacial score (nSPS) is 41.4. The van der Waals surface area contributed by atoms with Crippen LogP contribution in [0.25, 0.3) is 0 Å². The van der Waals surface area contributed by atoms with Gasteiger partial charge in [0.05, 0.1) is 18.8 Å². The molecule has 4 aliphatic carbocycles. The quantitative estimate of drug-likeness (QED) is 0.146. The van der Waals surface area contributed by atoms with E-state index in [0.717, 1.165) is 38.5 Å². The van der Waals surface area contributed by atoms with E-state index in [4.69, 9.17) is 8.37 Å². The smallest absolute Gasteiger partial charge is 0.726 e. The maximum atomic E-state index is 11.7. The zero-order valence-electron chi connectivity index (χ0n) is 25.5. The van der Waals surface area contributed by atoms with Crippen LogP contribution in [-0.4, -0.2) is 61.1 Å². The van der Waals surface area contributed by atoms with Crippen molar-refractivity contribution in [2.45, 2.75) is 110 Å². The van der Waals surface area contributed by atoms with Crippen LogP contribution in [0.4, 0.5) is 0 Å². The number of aliphatic hydroxyl groups is 2. The fourth-order valence-electron chi connectivity index (χ4n) is 9.86. The molecule has 0 aromatic carbocycles. The van der Waals surface area contributed by atoms with Crippen molar-refractivity contribution in [1.29, 1.82) is 0 Å². The van der Waals surface area contributed by atoms with E-state index in [0.29, 0.717) is 31.1 Å². The molecule has 14 heteroatoms. The summed E-state index contributed by atoms with van der Waals surface area (Å²) in [6, 6.07) is 0. The summed E-state index contributed by atoms with van der Waals surface area (Å²) in [6.07, 6.45) is 4.45. The van der Waals surface area contributed by atoms with Crippen molar-refractivity contribution in [3.05, 3.63) is 0 Å². The minimum Gasteiger partial charge on any atom is -0.726 e. The van der Waals surface area contributed by atoms with E-state index in [-0.39, 0.29) is 107 Å². The molecule has 11 atom stereocenters. The van der Waals surface area contributed by atoms with Crippen molar-refractivity contribution < 1.29 is 104 Å². The minimum atomic E-state index is -4.94. The molecule has 0 aromatic heterocycles. The Hall–Kier alpha value is 1.66. The molecule has 228 valence electrons. The topological polar surface area (TPSA) is 173 Å². The third kappa shape index (κ3) is 8.53. The van der Waals surface area contributed by atoms with E-state index < -0.39 is 44.5 Å². The van der Waals surface area contributed by atoms with Gasteiger partial charge in [-0.05, 0) is 104 Å². The summed E-state index contributed by atoms with van der Waals surface area (Å²) in [7, 11) is -9.74. The average Bonchev–Trinajstić information content (AvgIpc) is 3.12. The van der Waals surface area contributed by atoms with Crippen LogP contribution in [0.2, 0.25) is 0 Å². The summed E-state index contributed by atoms with van der Waals surface area (Å²) in [6.45, 7) is 8.45. The minimum absolute atomic E-state index is 0. The summed E-state index contributed by atoms with van der Waals surface area (Å²) < 4.78 is 77.2. The van der Waals surface area contributed by atoms with E-state index in [9.17, 15) is 36.2 Å². The van der Waals surface area contributed by atoms with Crippen molar-refractivity contribution >= 4 is 20.8 Å². The van der Waals surface area contributed by atoms with Gasteiger partial charge in [0.1, 0.15) is 6.10 Å². The zero-order chi connectivity index (χ0) is 29.0. The number of rotatable bonds is 10. The summed E-state index contributed by atoms with van der Waals surface area (Å²) >= 11 is 0. The standard InChI is InChI=1S/C27H48O10S2.2Na/c1-16(2)6-5-7-17(15-36-38(30,31)32)19-10-11-20-18-8-9-21-25(29)23(37-39(33,34)35)12-13-26(21,3)24(18)22(28)14-27(19,20)4;;/h16-25,28-29H,5-15H2,1-4H3,(H,30,31,32)(H,33,34,35);;/q;2*+1/p-2/t17-,18-,19+,20-,21?,22-,23+,24+,25-,26-,27+;;/m0../s1. The Morgan fingerprint density at radius 1 is 0.878 bits per heavy atom. The van der Waals surface area contributed by atoms with Gasteiger partial charge in [-0.3, -0.25) is 8.37 Å². The maximum absolute atomic E-state index is 11.7. The molecule has 10 nitrogen and oxygen atoms in total. The van der Waals surface area contributed by atoms with E-state index in [1.165, 1.54) is 0 Å². The van der Waals surface area contributed by atoms with Gasteiger partial charge in [0.2, 0.25) is 20.8 Å². The second kappa shape index (κ2) is 14.6. The van der Waals surface area contributed by atoms with Crippen LogP contribution in [0.1, 0.15) is 91.9 Å². The Kier molecular flexibility index (Phi) is 13.8. The van der Waals surface area contributed by atoms with Crippen LogP contribution in [-0.2, 0) is 29.2 Å². The fourth-order valence-corrected chi connectivity index (χ4v) is 10.7. The van der Waals surface area contributed by atoms with Crippen LogP contribution in [0.5, 0.6) is 0 Å². The molecule has 0 radical (unpaired) electrons. The number of fused-ring (bicyclic) bond motifs is 5. The Bertz CT molecular complexity index is 1090. The Labute approximate surface area is 291 Å². The molecular formula is C27H46Na2O10S2. The first-order chi connectivity index (χ1) is 18.0. The van der Waals surface area contributed by atoms with Crippen molar-refractivity contribution in [2.75, 3.05) is 6.61 Å². The number of aliphatic hydroxyl groups excluding tert-OH is 2. The predicted octanol–water partition coefficient (Wildman–Crippen LogP) is -2.64. The first kappa shape index (κ1) is 38.8. The van der Waals surface area contributed by atoms with Crippen molar-refractivity contribution in [3.63, 3.8) is 0 Å². The molecule has 2 N–H and O–H groups in total. The Morgan fingerprint density at radius 3 is 2.10 bits per heavy atom. The summed E-state index contributed by atoms with van der Waals surface area (Å²) in [5.74, 6) is 0.687. The van der Waals surface area contributed by atoms with Gasteiger partial charge >= 0.3 is 59.1 Å². The van der Waals surface area contributed by atoms with E-state index in [1.54, 1.807) is 0 Å². The summed E-state index contributed by atoms with van der Waals surface area (Å²) in [5.41, 5.74) is -0.665. The first-order valence-corrected chi connectivity index (χ1v) is 17.2. The third-order valence-electron chi connectivity index (χ3n) is 11.3. The average molecular weight is 641 g/mol. The predicted molar refractivity (Wildman–Crippen MR) is 140 cm³/mol. The van der Waals surface area contributed by atoms with Gasteiger partial charge in [0, 0.05) is 0 Å². The second-order valence-corrected chi connectivity index (χ2v) is 15.9. The number of hydrogen-bond donors (Lipinski definition) is 2. The third-order valence-corrected chi connectivity index (χ3v) is 12.2. The number of hydrogen-bond acceptors (Lipinski definition) is 10. The molecule has 4 aliphatic rings.